The zero-order valence-electron chi connectivity index (χ0n) is 9.38. The molecule has 3 heteroatoms. The van der Waals surface area contributed by atoms with Gasteiger partial charge in [-0.05, 0) is 23.6 Å². The van der Waals surface area contributed by atoms with Crippen LogP contribution in [0.1, 0.15) is 30.9 Å². The van der Waals surface area contributed by atoms with Gasteiger partial charge in [0.2, 0.25) is 0 Å². The molecule has 0 heterocycles. The Morgan fingerprint density at radius 2 is 2.13 bits per heavy atom. The number of halogens is 1. The van der Waals surface area contributed by atoms with Gasteiger partial charge in [-0.25, -0.2) is 4.39 Å². The van der Waals surface area contributed by atoms with E-state index in [9.17, 15) is 4.39 Å². The molecule has 0 aromatic heterocycles. The van der Waals surface area contributed by atoms with Crippen molar-refractivity contribution in [2.24, 2.45) is 0 Å². The Kier molecular flexibility index (Phi) is 4.09. The molecule has 0 bridgehead atoms. The smallest absolute Gasteiger partial charge is 0.130 e. The molecule has 0 saturated heterocycles. The van der Waals surface area contributed by atoms with Crippen LogP contribution in [0.4, 0.5) is 4.39 Å². The maximum Gasteiger partial charge on any atom is 0.130 e. The molecule has 1 unspecified atom stereocenters. The SMILES string of the molecule is CCc1cc(C(C)CO)c(OC)cc1F. The van der Waals surface area contributed by atoms with Crippen molar-refractivity contribution in [3.05, 3.63) is 29.1 Å². The molecule has 1 N–H and O–H groups in total. The minimum atomic E-state index is -0.247. The Hall–Kier alpha value is -1.09. The molecule has 1 aromatic carbocycles. The van der Waals surface area contributed by atoms with E-state index < -0.39 is 0 Å². The van der Waals surface area contributed by atoms with Crippen molar-refractivity contribution in [2.75, 3.05) is 13.7 Å². The molecule has 84 valence electrons. The third-order valence-corrected chi connectivity index (χ3v) is 2.58. The minimum Gasteiger partial charge on any atom is -0.496 e. The summed E-state index contributed by atoms with van der Waals surface area (Å²) in [5, 5.41) is 9.09. The molecule has 2 nitrogen and oxygen atoms in total. The van der Waals surface area contributed by atoms with Crippen LogP contribution in [-0.2, 0) is 6.42 Å². The van der Waals surface area contributed by atoms with Gasteiger partial charge in [0, 0.05) is 18.6 Å². The molecule has 1 atom stereocenters. The molecule has 0 radical (unpaired) electrons. The lowest BCUT2D eigenvalue weighted by molar-refractivity contribution is 0.269. The van der Waals surface area contributed by atoms with Crippen LogP contribution < -0.4 is 4.74 Å². The minimum absolute atomic E-state index is 0.0329. The van der Waals surface area contributed by atoms with Gasteiger partial charge in [0.15, 0.2) is 0 Å². The number of aliphatic hydroxyl groups is 1. The normalized spacial score (nSPS) is 12.6. The van der Waals surface area contributed by atoms with Crippen LogP contribution in [0, 0.1) is 5.82 Å². The molecular formula is C12H17FO2. The summed E-state index contributed by atoms with van der Waals surface area (Å²) in [6.45, 7) is 3.82. The molecule has 1 aromatic rings. The summed E-state index contributed by atoms with van der Waals surface area (Å²) >= 11 is 0. The number of hydrogen-bond acceptors (Lipinski definition) is 2. The van der Waals surface area contributed by atoms with Crippen molar-refractivity contribution in [2.45, 2.75) is 26.2 Å². The van der Waals surface area contributed by atoms with Crippen LogP contribution in [-0.4, -0.2) is 18.8 Å². The Bertz CT molecular complexity index is 337. The molecular weight excluding hydrogens is 195 g/mol. The summed E-state index contributed by atoms with van der Waals surface area (Å²) in [4.78, 5) is 0. The first-order chi connectivity index (χ1) is 7.13. The topological polar surface area (TPSA) is 29.5 Å². The predicted molar refractivity (Wildman–Crippen MR) is 57.8 cm³/mol. The predicted octanol–water partition coefficient (Wildman–Crippen LogP) is 2.49. The number of hydrogen-bond donors (Lipinski definition) is 1. The largest absolute Gasteiger partial charge is 0.496 e. The van der Waals surface area contributed by atoms with Crippen molar-refractivity contribution in [3.63, 3.8) is 0 Å². The summed E-state index contributed by atoms with van der Waals surface area (Å²) in [6.07, 6.45) is 0.640. The van der Waals surface area contributed by atoms with E-state index in [0.29, 0.717) is 17.7 Å². The molecule has 0 amide bonds. The highest BCUT2D eigenvalue weighted by molar-refractivity contribution is 5.40. The molecule has 0 aliphatic heterocycles. The molecule has 1 rings (SSSR count). The van der Waals surface area contributed by atoms with Crippen LogP contribution in [0.2, 0.25) is 0 Å². The van der Waals surface area contributed by atoms with Crippen LogP contribution in [0.15, 0.2) is 12.1 Å². The first kappa shape index (κ1) is 12.0. The van der Waals surface area contributed by atoms with Gasteiger partial charge in [0.25, 0.3) is 0 Å². The van der Waals surface area contributed by atoms with Crippen molar-refractivity contribution < 1.29 is 14.2 Å². The fraction of sp³-hybridized carbons (Fsp3) is 0.500. The average Bonchev–Trinajstić information content (AvgIpc) is 2.27. The fourth-order valence-electron chi connectivity index (χ4n) is 1.55. The molecule has 0 fully saturated rings. The molecule has 0 saturated carbocycles. The van der Waals surface area contributed by atoms with E-state index in [1.54, 1.807) is 6.07 Å². The van der Waals surface area contributed by atoms with Crippen LogP contribution in [0.5, 0.6) is 5.75 Å². The van der Waals surface area contributed by atoms with Crippen molar-refractivity contribution in [3.8, 4) is 5.75 Å². The summed E-state index contributed by atoms with van der Waals surface area (Å²) in [6, 6.07) is 3.16. The highest BCUT2D eigenvalue weighted by Crippen LogP contribution is 2.29. The number of rotatable bonds is 4. The van der Waals surface area contributed by atoms with Crippen molar-refractivity contribution in [1.82, 2.24) is 0 Å². The van der Waals surface area contributed by atoms with E-state index in [1.807, 2.05) is 13.8 Å². The lowest BCUT2D eigenvalue weighted by atomic mass is 9.97. The van der Waals surface area contributed by atoms with Gasteiger partial charge in [-0.2, -0.15) is 0 Å². The summed E-state index contributed by atoms with van der Waals surface area (Å²) in [7, 11) is 1.51. The van der Waals surface area contributed by atoms with Gasteiger partial charge in [0.05, 0.1) is 7.11 Å². The monoisotopic (exact) mass is 212 g/mol. The van der Waals surface area contributed by atoms with E-state index in [4.69, 9.17) is 9.84 Å². The number of ether oxygens (including phenoxy) is 1. The second kappa shape index (κ2) is 5.12. The zero-order valence-corrected chi connectivity index (χ0v) is 9.38. The van der Waals surface area contributed by atoms with E-state index >= 15 is 0 Å². The van der Waals surface area contributed by atoms with Gasteiger partial charge in [-0.3, -0.25) is 0 Å². The number of benzene rings is 1. The Labute approximate surface area is 89.7 Å². The first-order valence-corrected chi connectivity index (χ1v) is 5.11. The first-order valence-electron chi connectivity index (χ1n) is 5.11. The highest BCUT2D eigenvalue weighted by atomic mass is 19.1. The number of methoxy groups -OCH3 is 1. The summed E-state index contributed by atoms with van der Waals surface area (Å²) in [5.74, 6) is 0.223. The third kappa shape index (κ3) is 2.48. The van der Waals surface area contributed by atoms with Crippen LogP contribution in [0.3, 0.4) is 0 Å². The van der Waals surface area contributed by atoms with Gasteiger partial charge in [0.1, 0.15) is 11.6 Å². The molecule has 0 aliphatic rings. The maximum atomic E-state index is 13.4. The van der Waals surface area contributed by atoms with Gasteiger partial charge < -0.3 is 9.84 Å². The standard InChI is InChI=1S/C12H17FO2/c1-4-9-5-10(8(2)7-14)12(15-3)6-11(9)13/h5-6,8,14H,4,7H2,1-3H3. The van der Waals surface area contributed by atoms with Gasteiger partial charge >= 0.3 is 0 Å². The Morgan fingerprint density at radius 3 is 2.60 bits per heavy atom. The quantitative estimate of drug-likeness (QED) is 0.830. The van der Waals surface area contributed by atoms with E-state index in [0.717, 1.165) is 5.56 Å². The van der Waals surface area contributed by atoms with E-state index in [-0.39, 0.29) is 18.3 Å². The van der Waals surface area contributed by atoms with Gasteiger partial charge in [-0.1, -0.05) is 13.8 Å². The maximum absolute atomic E-state index is 13.4. The molecule has 0 aliphatic carbocycles. The summed E-state index contributed by atoms with van der Waals surface area (Å²) < 4.78 is 18.5. The Morgan fingerprint density at radius 1 is 1.47 bits per heavy atom. The van der Waals surface area contributed by atoms with Crippen LogP contribution >= 0.6 is 0 Å². The Balaban J connectivity index is 3.22. The van der Waals surface area contributed by atoms with Crippen LogP contribution in [0.25, 0.3) is 0 Å². The summed E-state index contributed by atoms with van der Waals surface area (Å²) in [5.41, 5.74) is 1.52. The second-order valence-electron chi connectivity index (χ2n) is 3.62. The molecule has 0 spiro atoms. The highest BCUT2D eigenvalue weighted by Gasteiger charge is 2.14. The van der Waals surface area contributed by atoms with Gasteiger partial charge in [-0.15, -0.1) is 0 Å². The van der Waals surface area contributed by atoms with E-state index in [2.05, 4.69) is 0 Å². The van der Waals surface area contributed by atoms with E-state index in [1.165, 1.54) is 13.2 Å². The fourth-order valence-corrected chi connectivity index (χ4v) is 1.55. The second-order valence-corrected chi connectivity index (χ2v) is 3.62. The zero-order chi connectivity index (χ0) is 11.4. The number of aliphatic hydroxyl groups excluding tert-OH is 1. The van der Waals surface area contributed by atoms with Crippen molar-refractivity contribution >= 4 is 0 Å². The number of aryl methyl sites for hydroxylation is 1. The lowest BCUT2D eigenvalue weighted by Gasteiger charge is -2.15. The average molecular weight is 212 g/mol. The lowest BCUT2D eigenvalue weighted by Crippen LogP contribution is -2.04. The molecule has 15 heavy (non-hydrogen) atoms. The third-order valence-electron chi connectivity index (χ3n) is 2.58. The van der Waals surface area contributed by atoms with Crippen molar-refractivity contribution in [1.29, 1.82) is 0 Å².